The number of benzene rings is 1. The lowest BCUT2D eigenvalue weighted by atomic mass is 9.75. The first-order valence-electron chi connectivity index (χ1n) is 7.59. The molecule has 1 heterocycles. The van der Waals surface area contributed by atoms with Crippen molar-refractivity contribution in [2.24, 2.45) is 5.92 Å². The third kappa shape index (κ3) is 1.64. The van der Waals surface area contributed by atoms with Gasteiger partial charge in [-0.2, -0.15) is 0 Å². The van der Waals surface area contributed by atoms with Crippen molar-refractivity contribution in [3.8, 4) is 0 Å². The van der Waals surface area contributed by atoms with Crippen LogP contribution in [0.3, 0.4) is 0 Å². The van der Waals surface area contributed by atoms with Gasteiger partial charge in [0.1, 0.15) is 0 Å². The smallest absolute Gasteiger partial charge is 0.0441 e. The summed E-state index contributed by atoms with van der Waals surface area (Å²) < 4.78 is 1.46. The van der Waals surface area contributed by atoms with E-state index >= 15 is 0 Å². The molecule has 0 saturated heterocycles. The molecule has 104 valence electrons. The highest BCUT2D eigenvalue weighted by molar-refractivity contribution is 7.17. The minimum Gasteiger partial charge on any atom is -0.310 e. The molecule has 1 aromatic heterocycles. The van der Waals surface area contributed by atoms with Crippen molar-refractivity contribution >= 4 is 27.0 Å². The molecule has 2 heteroatoms. The lowest BCUT2D eigenvalue weighted by Gasteiger charge is -2.38. The van der Waals surface area contributed by atoms with Crippen LogP contribution in [0.2, 0.25) is 0 Å². The van der Waals surface area contributed by atoms with Gasteiger partial charge in [0.15, 0.2) is 0 Å². The molecule has 2 unspecified atom stereocenters. The van der Waals surface area contributed by atoms with Crippen molar-refractivity contribution in [3.63, 3.8) is 0 Å². The van der Waals surface area contributed by atoms with Crippen LogP contribution in [0.4, 0.5) is 0 Å². The van der Waals surface area contributed by atoms with E-state index in [1.807, 2.05) is 11.3 Å². The van der Waals surface area contributed by atoms with E-state index in [-0.39, 0.29) is 5.54 Å². The molecule has 1 nitrogen and oxygen atoms in total. The lowest BCUT2D eigenvalue weighted by molar-refractivity contribution is 0.415. The Morgan fingerprint density at radius 1 is 1.30 bits per heavy atom. The van der Waals surface area contributed by atoms with Gasteiger partial charge in [-0.15, -0.1) is 11.3 Å². The summed E-state index contributed by atoms with van der Waals surface area (Å²) in [5.41, 5.74) is 4.91. The Kier molecular flexibility index (Phi) is 2.80. The predicted molar refractivity (Wildman–Crippen MR) is 88.2 cm³/mol. The first-order chi connectivity index (χ1) is 9.73. The summed E-state index contributed by atoms with van der Waals surface area (Å²) >= 11 is 1.88. The minimum absolute atomic E-state index is 0.227. The SMILES string of the molecule is CNC12CCC(CC(C)=C1c1cccc3ccsc13)C2. The maximum atomic E-state index is 3.69. The Morgan fingerprint density at radius 2 is 2.20 bits per heavy atom. The first-order valence-corrected chi connectivity index (χ1v) is 8.47. The fourth-order valence-corrected chi connectivity index (χ4v) is 5.44. The van der Waals surface area contributed by atoms with E-state index in [2.05, 4.69) is 48.9 Å². The molecule has 2 aromatic rings. The number of fused-ring (bicyclic) bond motifs is 3. The van der Waals surface area contributed by atoms with Gasteiger partial charge >= 0.3 is 0 Å². The van der Waals surface area contributed by atoms with E-state index in [0.717, 1.165) is 5.92 Å². The molecule has 2 bridgehead atoms. The maximum absolute atomic E-state index is 3.69. The Morgan fingerprint density at radius 3 is 3.05 bits per heavy atom. The predicted octanol–water partition coefficient (Wildman–Crippen LogP) is 4.84. The Bertz CT molecular complexity index is 696. The van der Waals surface area contributed by atoms with Crippen molar-refractivity contribution < 1.29 is 0 Å². The number of hydrogen-bond acceptors (Lipinski definition) is 2. The molecule has 1 N–H and O–H groups in total. The summed E-state index contributed by atoms with van der Waals surface area (Å²) in [4.78, 5) is 0. The highest BCUT2D eigenvalue weighted by Crippen LogP contribution is 2.52. The van der Waals surface area contributed by atoms with Crippen molar-refractivity contribution in [1.82, 2.24) is 5.32 Å². The van der Waals surface area contributed by atoms with Crippen molar-refractivity contribution in [3.05, 3.63) is 40.8 Å². The van der Waals surface area contributed by atoms with Crippen LogP contribution in [0.15, 0.2) is 35.2 Å². The van der Waals surface area contributed by atoms with Gasteiger partial charge in [0.05, 0.1) is 0 Å². The van der Waals surface area contributed by atoms with E-state index < -0.39 is 0 Å². The zero-order chi connectivity index (χ0) is 13.7. The average molecular weight is 283 g/mol. The summed E-state index contributed by atoms with van der Waals surface area (Å²) in [6.07, 6.45) is 5.28. The topological polar surface area (TPSA) is 12.0 Å². The second-order valence-electron chi connectivity index (χ2n) is 6.44. The molecule has 2 aliphatic rings. The van der Waals surface area contributed by atoms with Gasteiger partial charge < -0.3 is 5.32 Å². The number of rotatable bonds is 2. The quantitative estimate of drug-likeness (QED) is 0.832. The summed E-state index contributed by atoms with van der Waals surface area (Å²) in [5, 5.41) is 7.30. The van der Waals surface area contributed by atoms with Crippen LogP contribution < -0.4 is 5.32 Å². The van der Waals surface area contributed by atoms with E-state index in [1.165, 1.54) is 41.3 Å². The van der Waals surface area contributed by atoms with Crippen LogP contribution in [0.1, 0.15) is 38.2 Å². The minimum atomic E-state index is 0.227. The highest BCUT2D eigenvalue weighted by Gasteiger charge is 2.45. The standard InChI is InChI=1S/C18H21NS/c1-12-10-13-6-8-18(11-13,19-2)16(12)15-5-3-4-14-7-9-20-17(14)15/h3-5,7,9,13,19H,6,8,10-11H2,1-2H3. The molecular formula is C18H21NS. The molecule has 4 rings (SSSR count). The van der Waals surface area contributed by atoms with Gasteiger partial charge in [0, 0.05) is 10.2 Å². The molecule has 0 spiro atoms. The Hall–Kier alpha value is -1.12. The van der Waals surface area contributed by atoms with Gasteiger partial charge in [-0.1, -0.05) is 23.8 Å². The van der Waals surface area contributed by atoms with E-state index in [0.29, 0.717) is 0 Å². The van der Waals surface area contributed by atoms with E-state index in [1.54, 1.807) is 11.1 Å². The number of hydrogen-bond donors (Lipinski definition) is 1. The summed E-state index contributed by atoms with van der Waals surface area (Å²) in [5.74, 6) is 0.897. The first kappa shape index (κ1) is 12.6. The third-order valence-corrected chi connectivity index (χ3v) is 6.31. The van der Waals surface area contributed by atoms with Crippen molar-refractivity contribution in [2.75, 3.05) is 7.05 Å². The molecule has 1 fully saturated rings. The molecular weight excluding hydrogens is 262 g/mol. The molecule has 1 aromatic carbocycles. The Balaban J connectivity index is 1.98. The number of thiophene rings is 1. The normalized spacial score (nSPS) is 29.4. The number of likely N-dealkylation sites (N-methyl/N-ethyl adjacent to an activating group) is 1. The zero-order valence-electron chi connectivity index (χ0n) is 12.2. The molecule has 2 atom stereocenters. The fourth-order valence-electron chi connectivity index (χ4n) is 4.52. The second-order valence-corrected chi connectivity index (χ2v) is 7.36. The monoisotopic (exact) mass is 283 g/mol. The van der Waals surface area contributed by atoms with Gasteiger partial charge in [-0.3, -0.25) is 0 Å². The molecule has 20 heavy (non-hydrogen) atoms. The molecule has 2 aliphatic carbocycles. The van der Waals surface area contributed by atoms with Crippen LogP contribution in [-0.2, 0) is 0 Å². The van der Waals surface area contributed by atoms with Crippen LogP contribution in [0, 0.1) is 5.92 Å². The zero-order valence-corrected chi connectivity index (χ0v) is 13.0. The van der Waals surface area contributed by atoms with Crippen molar-refractivity contribution in [1.29, 1.82) is 0 Å². The molecule has 1 saturated carbocycles. The average Bonchev–Trinajstić information content (AvgIpc) is 3.05. The lowest BCUT2D eigenvalue weighted by Crippen LogP contribution is -2.43. The number of nitrogens with one attached hydrogen (secondary N) is 1. The molecule has 0 aliphatic heterocycles. The van der Waals surface area contributed by atoms with Gasteiger partial charge in [-0.25, -0.2) is 0 Å². The van der Waals surface area contributed by atoms with Gasteiger partial charge in [0.25, 0.3) is 0 Å². The van der Waals surface area contributed by atoms with Crippen LogP contribution in [-0.4, -0.2) is 12.6 Å². The van der Waals surface area contributed by atoms with Crippen LogP contribution in [0.5, 0.6) is 0 Å². The summed E-state index contributed by atoms with van der Waals surface area (Å²) in [6.45, 7) is 2.35. The largest absolute Gasteiger partial charge is 0.310 e. The van der Waals surface area contributed by atoms with Crippen LogP contribution >= 0.6 is 11.3 Å². The molecule has 0 amide bonds. The second kappa shape index (κ2) is 4.44. The van der Waals surface area contributed by atoms with Gasteiger partial charge in [0.2, 0.25) is 0 Å². The highest BCUT2D eigenvalue weighted by atomic mass is 32.1. The van der Waals surface area contributed by atoms with Gasteiger partial charge in [-0.05, 0) is 73.5 Å². The van der Waals surface area contributed by atoms with E-state index in [9.17, 15) is 0 Å². The Labute approximate surface area is 124 Å². The van der Waals surface area contributed by atoms with E-state index in [4.69, 9.17) is 0 Å². The van der Waals surface area contributed by atoms with Crippen molar-refractivity contribution in [2.45, 2.75) is 38.1 Å². The maximum Gasteiger partial charge on any atom is 0.0441 e. The third-order valence-electron chi connectivity index (χ3n) is 5.34. The fraction of sp³-hybridized carbons (Fsp3) is 0.444. The summed E-state index contributed by atoms with van der Waals surface area (Å²) in [6, 6.07) is 9.02. The molecule has 0 radical (unpaired) electrons. The number of allylic oxidation sites excluding steroid dienone is 1. The summed E-state index contributed by atoms with van der Waals surface area (Å²) in [7, 11) is 2.15. The van der Waals surface area contributed by atoms with Crippen LogP contribution in [0.25, 0.3) is 15.7 Å².